The highest BCUT2D eigenvalue weighted by Gasteiger charge is 2.14. The molecule has 0 radical (unpaired) electrons. The van der Waals surface area contributed by atoms with Crippen LogP contribution >= 0.6 is 11.6 Å². The van der Waals surface area contributed by atoms with Crippen molar-refractivity contribution in [2.75, 3.05) is 0 Å². The van der Waals surface area contributed by atoms with Crippen molar-refractivity contribution < 1.29 is 9.59 Å². The van der Waals surface area contributed by atoms with Gasteiger partial charge in [0.15, 0.2) is 0 Å². The molecule has 2 N–H and O–H groups in total. The number of carbonyl (C=O) groups excluding carboxylic acids is 2. The fourth-order valence-electron chi connectivity index (χ4n) is 3.25. The van der Waals surface area contributed by atoms with Crippen molar-refractivity contribution in [2.45, 2.75) is 39.4 Å². The van der Waals surface area contributed by atoms with Crippen LogP contribution in [0.25, 0.3) is 0 Å². The number of aryl methyl sites for hydroxylation is 3. The smallest absolute Gasteiger partial charge is 0.270 e. The maximum Gasteiger partial charge on any atom is 0.270 e. The van der Waals surface area contributed by atoms with Crippen molar-refractivity contribution in [2.24, 2.45) is 0 Å². The number of nitrogens with zero attached hydrogens (tertiary/aromatic N) is 3. The van der Waals surface area contributed by atoms with E-state index in [4.69, 9.17) is 11.6 Å². The molecule has 2 amide bonds. The number of hydrogen-bond acceptors (Lipinski definition) is 5. The number of benzene rings is 1. The van der Waals surface area contributed by atoms with Gasteiger partial charge in [0, 0.05) is 42.0 Å². The summed E-state index contributed by atoms with van der Waals surface area (Å²) < 4.78 is 1.37. The first-order chi connectivity index (χ1) is 15.5. The average Bonchev–Trinajstić information content (AvgIpc) is 2.80. The number of aromatic nitrogens is 3. The second-order valence-corrected chi connectivity index (χ2v) is 7.71. The Morgan fingerprint density at radius 1 is 1.19 bits per heavy atom. The van der Waals surface area contributed by atoms with Gasteiger partial charge in [-0.05, 0) is 47.9 Å². The van der Waals surface area contributed by atoms with Crippen molar-refractivity contribution in [1.82, 2.24) is 25.4 Å². The minimum atomic E-state index is -0.290. The Balaban J connectivity index is 1.67. The molecule has 8 nitrogen and oxygen atoms in total. The van der Waals surface area contributed by atoms with Crippen LogP contribution in [0.5, 0.6) is 0 Å². The van der Waals surface area contributed by atoms with Crippen molar-refractivity contribution in [3.8, 4) is 0 Å². The zero-order valence-corrected chi connectivity index (χ0v) is 18.4. The first-order valence-electron chi connectivity index (χ1n) is 10.1. The zero-order valence-electron chi connectivity index (χ0n) is 17.7. The molecule has 0 spiro atoms. The van der Waals surface area contributed by atoms with Crippen molar-refractivity contribution in [1.29, 1.82) is 0 Å². The molecule has 0 atom stereocenters. The molecule has 0 bridgehead atoms. The predicted molar refractivity (Wildman–Crippen MR) is 121 cm³/mol. The summed E-state index contributed by atoms with van der Waals surface area (Å²) in [6.07, 6.45) is 4.43. The molecule has 0 saturated heterocycles. The van der Waals surface area contributed by atoms with E-state index in [1.165, 1.54) is 4.68 Å². The van der Waals surface area contributed by atoms with Crippen LogP contribution in [0.1, 0.15) is 27.9 Å². The van der Waals surface area contributed by atoms with Gasteiger partial charge in [0.1, 0.15) is 0 Å². The van der Waals surface area contributed by atoms with Gasteiger partial charge in [-0.2, -0.15) is 5.10 Å². The largest absolute Gasteiger partial charge is 0.355 e. The van der Waals surface area contributed by atoms with E-state index >= 15 is 0 Å². The fourth-order valence-corrected chi connectivity index (χ4v) is 3.45. The first kappa shape index (κ1) is 23.1. The molecule has 0 unspecified atom stereocenters. The van der Waals surface area contributed by atoms with Gasteiger partial charge in [-0.25, -0.2) is 4.68 Å². The molecule has 2 heterocycles. The summed E-state index contributed by atoms with van der Waals surface area (Å²) in [7, 11) is 0. The molecular formula is C23H24ClN5O3. The van der Waals surface area contributed by atoms with Crippen molar-refractivity contribution >= 4 is 23.9 Å². The van der Waals surface area contributed by atoms with E-state index in [2.05, 4.69) is 20.7 Å². The average molecular weight is 454 g/mol. The third-order valence-electron chi connectivity index (χ3n) is 5.02. The van der Waals surface area contributed by atoms with Crippen LogP contribution in [0.4, 0.5) is 0 Å². The van der Waals surface area contributed by atoms with Crippen LogP contribution in [0.3, 0.4) is 0 Å². The molecule has 0 saturated carbocycles. The van der Waals surface area contributed by atoms with Crippen LogP contribution in [0, 0.1) is 6.92 Å². The Hall–Kier alpha value is -3.52. The quantitative estimate of drug-likeness (QED) is 0.456. The lowest BCUT2D eigenvalue weighted by Crippen LogP contribution is -2.32. The number of nitrogens with one attached hydrogen (secondary N) is 2. The zero-order chi connectivity index (χ0) is 22.9. The number of amides is 2. The number of halogens is 1. The molecule has 0 aliphatic rings. The summed E-state index contributed by atoms with van der Waals surface area (Å²) in [4.78, 5) is 40.3. The second-order valence-electron chi connectivity index (χ2n) is 7.27. The van der Waals surface area contributed by atoms with Crippen LogP contribution in [0.2, 0.25) is 5.02 Å². The minimum Gasteiger partial charge on any atom is -0.355 e. The summed E-state index contributed by atoms with van der Waals surface area (Å²) >= 11 is 6.07. The number of pyridine rings is 1. The van der Waals surface area contributed by atoms with E-state index < -0.39 is 0 Å². The topological polar surface area (TPSA) is 106 Å². The minimum absolute atomic E-state index is 0.0563. The van der Waals surface area contributed by atoms with E-state index in [0.717, 1.165) is 16.8 Å². The van der Waals surface area contributed by atoms with Crippen molar-refractivity contribution in [3.63, 3.8) is 0 Å². The summed E-state index contributed by atoms with van der Waals surface area (Å²) in [5.41, 5.74) is 3.29. The van der Waals surface area contributed by atoms with Gasteiger partial charge in [0.2, 0.25) is 12.3 Å². The first-order valence-corrected chi connectivity index (χ1v) is 10.5. The lowest BCUT2D eigenvalue weighted by molar-refractivity contribution is -0.120. The Bertz CT molecular complexity index is 1150. The third-order valence-corrected chi connectivity index (χ3v) is 5.26. The maximum absolute atomic E-state index is 12.9. The molecule has 3 aromatic rings. The normalized spacial score (nSPS) is 10.6. The van der Waals surface area contributed by atoms with Gasteiger partial charge in [-0.3, -0.25) is 19.4 Å². The molecular weight excluding hydrogens is 430 g/mol. The third kappa shape index (κ3) is 6.24. The number of carbonyl (C=O) groups is 2. The molecule has 1 aromatic carbocycles. The standard InChI is InChI=1S/C23H24ClN5O3/c1-16-12-28-29(9-7-20-4-2-3-8-26-20)23(32)21(16)11-22(31)27-14-18-10-19(24)6-5-17(18)13-25-15-30/h2-6,8,10,12,15H,7,9,11,13-14H2,1H3,(H,25,30)(H,27,31). The van der Waals surface area contributed by atoms with E-state index in [1.807, 2.05) is 18.2 Å². The van der Waals surface area contributed by atoms with Crippen LogP contribution < -0.4 is 16.2 Å². The Morgan fingerprint density at radius 3 is 2.78 bits per heavy atom. The Labute approximate surface area is 190 Å². The van der Waals surface area contributed by atoms with Gasteiger partial charge < -0.3 is 10.6 Å². The lowest BCUT2D eigenvalue weighted by Gasteiger charge is -2.12. The van der Waals surface area contributed by atoms with E-state index in [1.54, 1.807) is 37.5 Å². The van der Waals surface area contributed by atoms with E-state index in [-0.39, 0.29) is 24.4 Å². The number of hydrogen-bond donors (Lipinski definition) is 2. The van der Waals surface area contributed by atoms with Gasteiger partial charge in [-0.1, -0.05) is 23.7 Å². The van der Waals surface area contributed by atoms with E-state index in [9.17, 15) is 14.4 Å². The predicted octanol–water partition coefficient (Wildman–Crippen LogP) is 1.95. The van der Waals surface area contributed by atoms with Crippen LogP contribution in [0.15, 0.2) is 53.6 Å². The van der Waals surface area contributed by atoms with Crippen LogP contribution in [-0.2, 0) is 42.1 Å². The fraction of sp³-hybridized carbons (Fsp3) is 0.261. The van der Waals surface area contributed by atoms with Gasteiger partial charge >= 0.3 is 0 Å². The van der Waals surface area contributed by atoms with Gasteiger partial charge in [0.05, 0.1) is 19.2 Å². The summed E-state index contributed by atoms with van der Waals surface area (Å²) in [5, 5.41) is 10.2. The molecule has 0 fully saturated rings. The maximum atomic E-state index is 12.9. The Morgan fingerprint density at radius 2 is 2.03 bits per heavy atom. The van der Waals surface area contributed by atoms with Crippen LogP contribution in [-0.4, -0.2) is 27.1 Å². The molecule has 0 aliphatic heterocycles. The molecule has 2 aromatic heterocycles. The second kappa shape index (κ2) is 11.2. The summed E-state index contributed by atoms with van der Waals surface area (Å²) in [6, 6.07) is 10.9. The Kier molecular flexibility index (Phi) is 8.10. The molecule has 166 valence electrons. The lowest BCUT2D eigenvalue weighted by atomic mass is 10.1. The summed E-state index contributed by atoms with van der Waals surface area (Å²) in [5.74, 6) is -0.290. The SMILES string of the molecule is Cc1cnn(CCc2ccccn2)c(=O)c1CC(=O)NCc1cc(Cl)ccc1CNC=O. The highest BCUT2D eigenvalue weighted by Crippen LogP contribution is 2.16. The molecule has 9 heteroatoms. The molecule has 0 aliphatic carbocycles. The molecule has 32 heavy (non-hydrogen) atoms. The van der Waals surface area contributed by atoms with Gasteiger partial charge in [0.25, 0.3) is 5.56 Å². The molecule has 3 rings (SSSR count). The number of rotatable bonds is 10. The highest BCUT2D eigenvalue weighted by molar-refractivity contribution is 6.30. The van der Waals surface area contributed by atoms with Crippen molar-refractivity contribution in [3.05, 3.63) is 92.1 Å². The highest BCUT2D eigenvalue weighted by atomic mass is 35.5. The van der Waals surface area contributed by atoms with Gasteiger partial charge in [-0.15, -0.1) is 0 Å². The van der Waals surface area contributed by atoms with E-state index in [0.29, 0.717) is 42.1 Å². The summed E-state index contributed by atoms with van der Waals surface area (Å²) in [6.45, 7) is 2.70. The monoisotopic (exact) mass is 453 g/mol.